The Kier molecular flexibility index (Phi) is 8.38. The number of imide groups is 2. The van der Waals surface area contributed by atoms with E-state index < -0.39 is 17.8 Å². The van der Waals surface area contributed by atoms with Gasteiger partial charge in [-0.05, 0) is 78.7 Å². The lowest BCUT2D eigenvalue weighted by atomic mass is 10.1. The average Bonchev–Trinajstić information content (AvgIpc) is 2.96. The fourth-order valence-corrected chi connectivity index (χ4v) is 4.40. The van der Waals surface area contributed by atoms with E-state index in [-0.39, 0.29) is 17.9 Å². The van der Waals surface area contributed by atoms with E-state index in [0.717, 1.165) is 21.6 Å². The molecule has 0 spiro atoms. The summed E-state index contributed by atoms with van der Waals surface area (Å²) in [6, 6.07) is 25.6. The zero-order valence-electron chi connectivity index (χ0n) is 21.9. The van der Waals surface area contributed by atoms with Gasteiger partial charge in [0.2, 0.25) is 0 Å². The van der Waals surface area contributed by atoms with Crippen molar-refractivity contribution >= 4 is 52.8 Å². The van der Waals surface area contributed by atoms with Crippen LogP contribution in [-0.2, 0) is 22.8 Å². The second kappa shape index (κ2) is 12.3. The van der Waals surface area contributed by atoms with Crippen molar-refractivity contribution in [1.82, 2.24) is 5.32 Å². The number of carbonyl (C=O) groups is 3. The minimum Gasteiger partial charge on any atom is -0.489 e. The summed E-state index contributed by atoms with van der Waals surface area (Å²) in [4.78, 5) is 39.8. The van der Waals surface area contributed by atoms with Gasteiger partial charge in [-0.3, -0.25) is 14.9 Å². The lowest BCUT2D eigenvalue weighted by Gasteiger charge is -2.26. The molecule has 0 atom stereocenters. The molecule has 1 aliphatic rings. The van der Waals surface area contributed by atoms with E-state index in [2.05, 4.69) is 5.32 Å². The van der Waals surface area contributed by atoms with Gasteiger partial charge in [0.1, 0.15) is 30.3 Å². The van der Waals surface area contributed by atoms with Crippen LogP contribution in [0.1, 0.15) is 22.3 Å². The number of aryl methyl sites for hydroxylation is 1. The molecule has 4 aromatic carbocycles. The molecule has 0 aromatic heterocycles. The predicted octanol–water partition coefficient (Wildman–Crippen LogP) is 7.13. The Hall–Kier alpha value is -4.59. The Morgan fingerprint density at radius 1 is 0.756 bits per heavy atom. The Morgan fingerprint density at radius 2 is 1.37 bits per heavy atom. The van der Waals surface area contributed by atoms with Gasteiger partial charge in [-0.2, -0.15) is 0 Å². The molecule has 0 radical (unpaired) electrons. The molecule has 206 valence electrons. The zero-order chi connectivity index (χ0) is 28.9. The number of nitrogens with zero attached hydrogens (tertiary/aromatic N) is 1. The lowest BCUT2D eigenvalue weighted by Crippen LogP contribution is -2.54. The minimum atomic E-state index is -0.851. The van der Waals surface area contributed by atoms with Gasteiger partial charge in [-0.1, -0.05) is 65.2 Å². The molecule has 1 fully saturated rings. The van der Waals surface area contributed by atoms with Gasteiger partial charge in [0.15, 0.2) is 0 Å². The number of barbiturate groups is 1. The number of hydrogen-bond donors (Lipinski definition) is 1. The van der Waals surface area contributed by atoms with Crippen LogP contribution in [0.15, 0.2) is 96.6 Å². The minimum absolute atomic E-state index is 0.220. The van der Waals surface area contributed by atoms with E-state index in [0.29, 0.717) is 33.7 Å². The molecule has 4 amide bonds. The molecule has 5 rings (SSSR count). The van der Waals surface area contributed by atoms with Crippen molar-refractivity contribution in [2.75, 3.05) is 4.90 Å². The van der Waals surface area contributed by atoms with Gasteiger partial charge >= 0.3 is 6.03 Å². The molecule has 0 unspecified atom stereocenters. The van der Waals surface area contributed by atoms with Crippen molar-refractivity contribution in [1.29, 1.82) is 0 Å². The Bertz CT molecular complexity index is 1630. The molecule has 9 heteroatoms. The third-order valence-corrected chi connectivity index (χ3v) is 6.79. The van der Waals surface area contributed by atoms with Crippen molar-refractivity contribution in [2.24, 2.45) is 0 Å². The van der Waals surface area contributed by atoms with E-state index in [1.165, 1.54) is 6.08 Å². The van der Waals surface area contributed by atoms with Crippen molar-refractivity contribution in [3.05, 3.63) is 129 Å². The van der Waals surface area contributed by atoms with Crippen molar-refractivity contribution < 1.29 is 23.9 Å². The highest BCUT2D eigenvalue weighted by molar-refractivity contribution is 6.39. The maximum atomic E-state index is 13.4. The molecule has 41 heavy (non-hydrogen) atoms. The first kappa shape index (κ1) is 28.0. The Labute approximate surface area is 246 Å². The van der Waals surface area contributed by atoms with Gasteiger partial charge in [0, 0.05) is 15.6 Å². The summed E-state index contributed by atoms with van der Waals surface area (Å²) in [5, 5.41) is 3.22. The Balaban J connectivity index is 1.35. The second-order valence-corrected chi connectivity index (χ2v) is 10.2. The molecule has 7 nitrogen and oxygen atoms in total. The van der Waals surface area contributed by atoms with Crippen LogP contribution in [0.3, 0.4) is 0 Å². The third-order valence-electron chi connectivity index (χ3n) is 6.30. The van der Waals surface area contributed by atoms with E-state index >= 15 is 0 Å². The quantitative estimate of drug-likeness (QED) is 0.175. The molecule has 4 aromatic rings. The van der Waals surface area contributed by atoms with Crippen molar-refractivity contribution in [2.45, 2.75) is 20.1 Å². The summed E-state index contributed by atoms with van der Waals surface area (Å²) in [7, 11) is 0. The monoisotopic (exact) mass is 586 g/mol. The molecular weight excluding hydrogens is 563 g/mol. The molecule has 1 aliphatic heterocycles. The zero-order valence-corrected chi connectivity index (χ0v) is 23.4. The number of nitrogens with one attached hydrogen (secondary N) is 1. The molecule has 0 bridgehead atoms. The van der Waals surface area contributed by atoms with Gasteiger partial charge in [0.05, 0.1) is 5.69 Å². The van der Waals surface area contributed by atoms with E-state index in [9.17, 15) is 14.4 Å². The highest BCUT2D eigenvalue weighted by atomic mass is 35.5. The van der Waals surface area contributed by atoms with Crippen molar-refractivity contribution in [3.8, 4) is 11.5 Å². The molecule has 0 saturated carbocycles. The summed E-state index contributed by atoms with van der Waals surface area (Å²) >= 11 is 12.2. The van der Waals surface area contributed by atoms with E-state index in [4.69, 9.17) is 32.7 Å². The smallest absolute Gasteiger partial charge is 0.335 e. The van der Waals surface area contributed by atoms with Crippen LogP contribution < -0.4 is 19.7 Å². The topological polar surface area (TPSA) is 84.9 Å². The number of anilines is 1. The Morgan fingerprint density at radius 3 is 2.05 bits per heavy atom. The summed E-state index contributed by atoms with van der Waals surface area (Å²) in [6.07, 6.45) is 1.36. The first-order valence-electron chi connectivity index (χ1n) is 12.6. The summed E-state index contributed by atoms with van der Waals surface area (Å²) in [5.74, 6) is -0.642. The molecule has 1 N–H and O–H groups in total. The number of urea groups is 1. The van der Waals surface area contributed by atoms with Crippen LogP contribution in [0.4, 0.5) is 10.5 Å². The number of amides is 4. The van der Waals surface area contributed by atoms with Crippen LogP contribution in [0.2, 0.25) is 10.0 Å². The molecule has 0 aliphatic carbocycles. The van der Waals surface area contributed by atoms with Gasteiger partial charge in [-0.25, -0.2) is 9.69 Å². The standard InChI is InChI=1S/C32H24Cl2N2O5/c1-20-2-4-21(5-3-20)18-40-27-13-11-26(12-14-27)36-31(38)28(30(37)35-32(36)39)17-23-16-25(34)10-15-29(23)41-19-22-6-8-24(33)9-7-22/h2-17H,18-19H2,1H3,(H,35,37,39)/b28-17+. The summed E-state index contributed by atoms with van der Waals surface area (Å²) in [5.41, 5.74) is 3.47. The highest BCUT2D eigenvalue weighted by Gasteiger charge is 2.37. The largest absolute Gasteiger partial charge is 0.489 e. The van der Waals surface area contributed by atoms with Crippen molar-refractivity contribution in [3.63, 3.8) is 0 Å². The van der Waals surface area contributed by atoms with Crippen LogP contribution in [0.25, 0.3) is 6.08 Å². The van der Waals surface area contributed by atoms with Crippen LogP contribution in [-0.4, -0.2) is 17.8 Å². The van der Waals surface area contributed by atoms with E-state index in [1.807, 2.05) is 43.3 Å². The summed E-state index contributed by atoms with van der Waals surface area (Å²) in [6.45, 7) is 2.60. The number of hydrogen-bond acceptors (Lipinski definition) is 5. The summed E-state index contributed by atoms with van der Waals surface area (Å²) < 4.78 is 11.8. The first-order chi connectivity index (χ1) is 19.8. The van der Waals surface area contributed by atoms with Gasteiger partial charge < -0.3 is 9.47 Å². The molecular formula is C32H24Cl2N2O5. The number of halogens is 2. The highest BCUT2D eigenvalue weighted by Crippen LogP contribution is 2.29. The fourth-order valence-electron chi connectivity index (χ4n) is 4.10. The first-order valence-corrected chi connectivity index (χ1v) is 13.4. The van der Waals surface area contributed by atoms with Crippen LogP contribution in [0, 0.1) is 6.92 Å². The molecule has 1 heterocycles. The van der Waals surface area contributed by atoms with E-state index in [1.54, 1.807) is 54.6 Å². The lowest BCUT2D eigenvalue weighted by molar-refractivity contribution is -0.122. The van der Waals surface area contributed by atoms with Gasteiger partial charge in [0.25, 0.3) is 11.8 Å². The number of benzene rings is 4. The number of rotatable bonds is 8. The van der Waals surface area contributed by atoms with Crippen LogP contribution >= 0.6 is 23.2 Å². The maximum Gasteiger partial charge on any atom is 0.335 e. The predicted molar refractivity (Wildman–Crippen MR) is 158 cm³/mol. The number of carbonyl (C=O) groups excluding carboxylic acids is 3. The second-order valence-electron chi connectivity index (χ2n) is 9.32. The SMILES string of the molecule is Cc1ccc(COc2ccc(N3C(=O)NC(=O)/C(=C\c4cc(Cl)ccc4OCc4ccc(Cl)cc4)C3=O)cc2)cc1. The maximum absolute atomic E-state index is 13.4. The normalized spacial score (nSPS) is 14.3. The average molecular weight is 587 g/mol. The third kappa shape index (κ3) is 6.77. The fraction of sp³-hybridized carbons (Fsp3) is 0.0938. The number of ether oxygens (including phenoxy) is 2. The van der Waals surface area contributed by atoms with Gasteiger partial charge in [-0.15, -0.1) is 0 Å². The molecule has 1 saturated heterocycles. The van der Waals surface area contributed by atoms with Crippen LogP contribution in [0.5, 0.6) is 11.5 Å².